The lowest BCUT2D eigenvalue weighted by atomic mass is 10.1. The number of carbonyl (C=O) groups excluding carboxylic acids is 1. The minimum absolute atomic E-state index is 0.0780. The molecule has 1 fully saturated rings. The molecule has 1 aromatic carbocycles. The lowest BCUT2D eigenvalue weighted by Crippen LogP contribution is -2.25. The number of likely N-dealkylation sites (tertiary alicyclic amines) is 1. The van der Waals surface area contributed by atoms with Crippen molar-refractivity contribution in [1.82, 2.24) is 4.90 Å². The summed E-state index contributed by atoms with van der Waals surface area (Å²) in [5, 5.41) is 10.0. The molecule has 3 rings (SSSR count). The van der Waals surface area contributed by atoms with E-state index in [9.17, 15) is 9.59 Å². The van der Waals surface area contributed by atoms with Gasteiger partial charge in [-0.05, 0) is 13.0 Å². The third-order valence-corrected chi connectivity index (χ3v) is 3.84. The van der Waals surface area contributed by atoms with Gasteiger partial charge in [0.25, 0.3) is 0 Å². The first-order valence-electron chi connectivity index (χ1n) is 6.54. The smallest absolute Gasteiger partial charge is 0.308 e. The third kappa shape index (κ3) is 2.05. The molecule has 5 heteroatoms. The van der Waals surface area contributed by atoms with Gasteiger partial charge in [0.1, 0.15) is 11.3 Å². The summed E-state index contributed by atoms with van der Waals surface area (Å²) >= 11 is 0. The van der Waals surface area contributed by atoms with Crippen LogP contribution in [0.1, 0.15) is 17.7 Å². The summed E-state index contributed by atoms with van der Waals surface area (Å²) in [5.74, 6) is -0.919. The molecule has 1 atom stereocenters. The van der Waals surface area contributed by atoms with E-state index in [2.05, 4.69) is 0 Å². The Morgan fingerprint density at radius 2 is 2.20 bits per heavy atom. The Morgan fingerprint density at radius 3 is 2.85 bits per heavy atom. The fourth-order valence-corrected chi connectivity index (χ4v) is 2.64. The summed E-state index contributed by atoms with van der Waals surface area (Å²) in [5.41, 5.74) is 1.80. The Morgan fingerprint density at radius 1 is 1.45 bits per heavy atom. The van der Waals surface area contributed by atoms with Crippen LogP contribution in [-0.2, 0) is 16.1 Å². The number of carboxylic acid groups (broad SMARTS) is 1. The van der Waals surface area contributed by atoms with E-state index in [1.807, 2.05) is 31.2 Å². The van der Waals surface area contributed by atoms with Crippen LogP contribution >= 0.6 is 0 Å². The zero-order chi connectivity index (χ0) is 14.3. The number of carbonyl (C=O) groups is 2. The van der Waals surface area contributed by atoms with Crippen molar-refractivity contribution in [2.24, 2.45) is 5.92 Å². The number of amides is 1. The summed E-state index contributed by atoms with van der Waals surface area (Å²) in [7, 11) is 0. The molecular weight excluding hydrogens is 258 g/mol. The molecule has 1 aliphatic rings. The van der Waals surface area contributed by atoms with E-state index in [4.69, 9.17) is 9.52 Å². The topological polar surface area (TPSA) is 70.8 Å². The van der Waals surface area contributed by atoms with Gasteiger partial charge >= 0.3 is 5.97 Å². The van der Waals surface area contributed by atoms with Gasteiger partial charge in [0, 0.05) is 23.9 Å². The monoisotopic (exact) mass is 273 g/mol. The largest absolute Gasteiger partial charge is 0.481 e. The molecule has 2 aromatic rings. The third-order valence-electron chi connectivity index (χ3n) is 3.84. The van der Waals surface area contributed by atoms with Gasteiger partial charge in [0.15, 0.2) is 0 Å². The van der Waals surface area contributed by atoms with Crippen LogP contribution in [0.5, 0.6) is 0 Å². The number of aliphatic carboxylic acids is 1. The first-order chi connectivity index (χ1) is 9.56. The van der Waals surface area contributed by atoms with Crippen molar-refractivity contribution in [3.05, 3.63) is 35.6 Å². The van der Waals surface area contributed by atoms with Crippen molar-refractivity contribution in [2.45, 2.75) is 19.9 Å². The average Bonchev–Trinajstić information content (AvgIpc) is 2.93. The number of hydrogen-bond acceptors (Lipinski definition) is 3. The lowest BCUT2D eigenvalue weighted by molar-refractivity contribution is -0.141. The highest BCUT2D eigenvalue weighted by Gasteiger charge is 2.34. The first kappa shape index (κ1) is 12.7. The molecule has 20 heavy (non-hydrogen) atoms. The number of furan rings is 1. The number of para-hydroxylation sites is 1. The molecule has 0 spiro atoms. The molecule has 1 aromatic heterocycles. The highest BCUT2D eigenvalue weighted by atomic mass is 16.4. The summed E-state index contributed by atoms with van der Waals surface area (Å²) in [6.45, 7) is 2.55. The quantitative estimate of drug-likeness (QED) is 0.930. The molecule has 0 bridgehead atoms. The zero-order valence-electron chi connectivity index (χ0n) is 11.1. The maximum atomic E-state index is 11.8. The van der Waals surface area contributed by atoms with Crippen LogP contribution in [0, 0.1) is 12.8 Å². The Bertz CT molecular complexity index is 688. The minimum Gasteiger partial charge on any atom is -0.481 e. The van der Waals surface area contributed by atoms with Crippen LogP contribution in [-0.4, -0.2) is 28.4 Å². The van der Waals surface area contributed by atoms with Gasteiger partial charge < -0.3 is 14.4 Å². The van der Waals surface area contributed by atoms with Crippen molar-refractivity contribution in [1.29, 1.82) is 0 Å². The van der Waals surface area contributed by atoms with Gasteiger partial charge in [-0.25, -0.2) is 0 Å². The zero-order valence-corrected chi connectivity index (χ0v) is 11.1. The molecule has 1 N–H and O–H groups in total. The van der Waals surface area contributed by atoms with E-state index in [1.54, 1.807) is 4.90 Å². The van der Waals surface area contributed by atoms with E-state index in [1.165, 1.54) is 0 Å². The highest BCUT2D eigenvalue weighted by molar-refractivity contribution is 5.86. The van der Waals surface area contributed by atoms with Crippen molar-refractivity contribution < 1.29 is 19.1 Å². The van der Waals surface area contributed by atoms with Gasteiger partial charge in [-0.3, -0.25) is 9.59 Å². The lowest BCUT2D eigenvalue weighted by Gasteiger charge is -2.14. The highest BCUT2D eigenvalue weighted by Crippen LogP contribution is 2.28. The Balaban J connectivity index is 1.85. The van der Waals surface area contributed by atoms with Crippen LogP contribution in [0.25, 0.3) is 11.0 Å². The Labute approximate surface area is 115 Å². The van der Waals surface area contributed by atoms with Crippen molar-refractivity contribution >= 4 is 22.8 Å². The van der Waals surface area contributed by atoms with E-state index in [0.717, 1.165) is 22.3 Å². The van der Waals surface area contributed by atoms with E-state index in [0.29, 0.717) is 6.54 Å². The number of carboxylic acids is 1. The summed E-state index contributed by atoms with van der Waals surface area (Å²) in [6, 6.07) is 7.70. The molecule has 2 heterocycles. The minimum atomic E-state index is -0.915. The maximum Gasteiger partial charge on any atom is 0.308 e. The van der Waals surface area contributed by atoms with E-state index in [-0.39, 0.29) is 18.9 Å². The van der Waals surface area contributed by atoms with Gasteiger partial charge in [-0.15, -0.1) is 0 Å². The Hall–Kier alpha value is -2.30. The summed E-state index contributed by atoms with van der Waals surface area (Å²) < 4.78 is 5.76. The second-order valence-corrected chi connectivity index (χ2v) is 5.16. The fourth-order valence-electron chi connectivity index (χ4n) is 2.64. The molecule has 5 nitrogen and oxygen atoms in total. The van der Waals surface area contributed by atoms with Crippen molar-refractivity contribution in [2.75, 3.05) is 6.54 Å². The number of hydrogen-bond donors (Lipinski definition) is 1. The van der Waals surface area contributed by atoms with Crippen molar-refractivity contribution in [3.8, 4) is 0 Å². The second kappa shape index (κ2) is 4.67. The SMILES string of the molecule is Cc1c(CN2C[C@@H](C(=O)O)CC2=O)oc2ccccc12. The van der Waals surface area contributed by atoms with E-state index >= 15 is 0 Å². The van der Waals surface area contributed by atoms with Crippen LogP contribution in [0.15, 0.2) is 28.7 Å². The molecular formula is C15H15NO4. The van der Waals surface area contributed by atoms with Gasteiger partial charge in [0.2, 0.25) is 5.91 Å². The standard InChI is InChI=1S/C15H15NO4/c1-9-11-4-2-3-5-12(11)20-13(9)8-16-7-10(15(18)19)6-14(16)17/h2-5,10H,6-8H2,1H3,(H,18,19)/t10-/m0/s1. The predicted octanol–water partition coefficient (Wildman–Crippen LogP) is 2.17. The van der Waals surface area contributed by atoms with Crippen LogP contribution in [0.3, 0.4) is 0 Å². The second-order valence-electron chi connectivity index (χ2n) is 5.16. The molecule has 0 aliphatic carbocycles. The average molecular weight is 273 g/mol. The number of aryl methyl sites for hydroxylation is 1. The number of rotatable bonds is 3. The number of benzene rings is 1. The van der Waals surface area contributed by atoms with Crippen molar-refractivity contribution in [3.63, 3.8) is 0 Å². The number of nitrogens with zero attached hydrogens (tertiary/aromatic N) is 1. The Kier molecular flexibility index (Phi) is 2.97. The van der Waals surface area contributed by atoms with Crippen LogP contribution < -0.4 is 0 Å². The fraction of sp³-hybridized carbons (Fsp3) is 0.333. The van der Waals surface area contributed by atoms with Gasteiger partial charge in [0.05, 0.1) is 12.5 Å². The molecule has 0 saturated carbocycles. The van der Waals surface area contributed by atoms with Crippen LogP contribution in [0.4, 0.5) is 0 Å². The number of fused-ring (bicyclic) bond motifs is 1. The molecule has 1 amide bonds. The normalized spacial score (nSPS) is 18.9. The molecule has 1 aliphatic heterocycles. The van der Waals surface area contributed by atoms with Gasteiger partial charge in [-0.1, -0.05) is 18.2 Å². The molecule has 0 radical (unpaired) electrons. The van der Waals surface area contributed by atoms with E-state index < -0.39 is 11.9 Å². The molecule has 104 valence electrons. The molecule has 1 saturated heterocycles. The first-order valence-corrected chi connectivity index (χ1v) is 6.54. The molecule has 0 unspecified atom stereocenters. The van der Waals surface area contributed by atoms with Gasteiger partial charge in [-0.2, -0.15) is 0 Å². The summed E-state index contributed by atoms with van der Waals surface area (Å²) in [6.07, 6.45) is 0.0780. The summed E-state index contributed by atoms with van der Waals surface area (Å²) in [4.78, 5) is 24.4. The maximum absolute atomic E-state index is 11.8. The van der Waals surface area contributed by atoms with Crippen LogP contribution in [0.2, 0.25) is 0 Å². The predicted molar refractivity (Wildman–Crippen MR) is 72.1 cm³/mol.